The molecule has 42 heavy (non-hydrogen) atoms. The van der Waals surface area contributed by atoms with Gasteiger partial charge in [-0.05, 0) is 6.42 Å². The van der Waals surface area contributed by atoms with E-state index in [9.17, 15) is 40.2 Å². The van der Waals surface area contributed by atoms with Gasteiger partial charge in [-0.2, -0.15) is 0 Å². The fourth-order valence-corrected chi connectivity index (χ4v) is 5.09. The lowest BCUT2D eigenvalue weighted by Crippen LogP contribution is -2.59. The van der Waals surface area contributed by atoms with Crippen molar-refractivity contribution in [1.82, 2.24) is 0 Å². The van der Waals surface area contributed by atoms with E-state index in [1.54, 1.807) is 0 Å². The third kappa shape index (κ3) is 12.0. The number of unbranched alkanes of at least 4 members (excludes halogenated alkanes) is 14. The van der Waals surface area contributed by atoms with Crippen LogP contribution >= 0.6 is 0 Å². The van der Waals surface area contributed by atoms with Crippen LogP contribution in [-0.2, 0) is 28.5 Å². The molecule has 2 heterocycles. The molecule has 0 radical (unpaired) electrons. The molecule has 0 amide bonds. The zero-order chi connectivity index (χ0) is 30.9. The first-order valence-electron chi connectivity index (χ1n) is 15.7. The minimum atomic E-state index is -1.82. The summed E-state index contributed by atoms with van der Waals surface area (Å²) < 4.78 is 20.3. The van der Waals surface area contributed by atoms with E-state index >= 15 is 0 Å². The van der Waals surface area contributed by atoms with Crippen molar-refractivity contribution in [2.45, 2.75) is 153 Å². The van der Waals surface area contributed by atoms with Gasteiger partial charge >= 0.3 is 11.9 Å². The molecule has 2 aliphatic rings. The Hall–Kier alpha value is -1.96. The summed E-state index contributed by atoms with van der Waals surface area (Å²) >= 11 is 0. The predicted octanol–water partition coefficient (Wildman–Crippen LogP) is 2.66. The van der Waals surface area contributed by atoms with Crippen molar-refractivity contribution in [3.63, 3.8) is 0 Å². The van der Waals surface area contributed by atoms with Gasteiger partial charge in [-0.15, -0.1) is 0 Å². The maximum atomic E-state index is 12.2. The smallest absolute Gasteiger partial charge is 0.378 e. The van der Waals surface area contributed by atoms with Crippen LogP contribution < -0.4 is 0 Å². The average Bonchev–Trinajstić information content (AvgIpc) is 3.26. The summed E-state index contributed by atoms with van der Waals surface area (Å²) in [4.78, 5) is 24.3. The molecule has 1 fully saturated rings. The van der Waals surface area contributed by atoms with E-state index in [4.69, 9.17) is 18.9 Å². The minimum absolute atomic E-state index is 0.183. The quantitative estimate of drug-likeness (QED) is 0.0783. The van der Waals surface area contributed by atoms with Crippen LogP contribution in [0.5, 0.6) is 0 Å². The summed E-state index contributed by atoms with van der Waals surface area (Å²) in [5.74, 6) is -3.30. The van der Waals surface area contributed by atoms with Crippen molar-refractivity contribution < 1.29 is 59.2 Å². The van der Waals surface area contributed by atoms with Gasteiger partial charge in [-0.25, -0.2) is 4.79 Å². The standard InChI is InChI=1S/C30H52O12/c1-2-3-4-5-6-7-8-9-10-11-12-13-14-15-16-17-22(33)39-19-20(32)27-26(37)28(29(38)41-27)42-30-25(36)24(35)23(34)21(18-31)40-30/h20-21,23-25,27,30-32,34-37H,2-19H2,1H3/t20-,21+,23+,24-,25+,27+,30?/m0/s1. The molecule has 12 heteroatoms. The number of cyclic esters (lactones) is 1. The van der Waals surface area contributed by atoms with Crippen LogP contribution in [0, 0.1) is 0 Å². The Morgan fingerprint density at radius 1 is 0.833 bits per heavy atom. The van der Waals surface area contributed by atoms with Crippen LogP contribution in [0.4, 0.5) is 0 Å². The first kappa shape index (κ1) is 36.2. The van der Waals surface area contributed by atoms with E-state index in [0.717, 1.165) is 19.3 Å². The molecule has 0 bridgehead atoms. The molecule has 0 aromatic carbocycles. The number of carbonyl (C=O) groups is 2. The second kappa shape index (κ2) is 20.1. The van der Waals surface area contributed by atoms with Crippen molar-refractivity contribution in [3.05, 3.63) is 11.5 Å². The SMILES string of the molecule is CCCCCCCCCCCCCCCCCC(=O)OC[C@H](O)[C@H]1OC(=O)C(OC2O[C@H](CO)[C@@H](O)[C@H](O)[C@H]2O)=C1O. The van der Waals surface area contributed by atoms with Gasteiger partial charge in [0.05, 0.1) is 6.61 Å². The van der Waals surface area contributed by atoms with Gasteiger partial charge in [0.2, 0.25) is 12.0 Å². The third-order valence-corrected chi connectivity index (χ3v) is 7.75. The summed E-state index contributed by atoms with van der Waals surface area (Å²) in [6, 6.07) is 0. The average molecular weight is 605 g/mol. The number of aliphatic hydroxyl groups excluding tert-OH is 6. The number of hydrogen-bond acceptors (Lipinski definition) is 12. The molecule has 7 atom stereocenters. The number of esters is 2. The topological polar surface area (TPSA) is 192 Å². The maximum Gasteiger partial charge on any atom is 0.378 e. The van der Waals surface area contributed by atoms with Crippen LogP contribution in [0.3, 0.4) is 0 Å². The molecule has 0 aromatic heterocycles. The second-order valence-corrected chi connectivity index (χ2v) is 11.3. The Kier molecular flexibility index (Phi) is 17.3. The van der Waals surface area contributed by atoms with Crippen molar-refractivity contribution in [2.75, 3.05) is 13.2 Å². The number of rotatable bonds is 22. The molecule has 0 aromatic rings. The molecule has 0 saturated carbocycles. The summed E-state index contributed by atoms with van der Waals surface area (Å²) in [7, 11) is 0. The van der Waals surface area contributed by atoms with Gasteiger partial charge in [0, 0.05) is 6.42 Å². The van der Waals surface area contributed by atoms with E-state index < -0.39 is 79.6 Å². The Morgan fingerprint density at radius 3 is 1.88 bits per heavy atom. The van der Waals surface area contributed by atoms with Crippen molar-refractivity contribution in [3.8, 4) is 0 Å². The highest BCUT2D eigenvalue weighted by atomic mass is 16.7. The van der Waals surface area contributed by atoms with E-state index in [1.807, 2.05) is 0 Å². The fourth-order valence-electron chi connectivity index (χ4n) is 5.09. The monoisotopic (exact) mass is 604 g/mol. The van der Waals surface area contributed by atoms with Crippen molar-refractivity contribution in [1.29, 1.82) is 0 Å². The van der Waals surface area contributed by atoms with Crippen LogP contribution in [0.2, 0.25) is 0 Å². The Morgan fingerprint density at radius 2 is 1.36 bits per heavy atom. The van der Waals surface area contributed by atoms with Gasteiger partial charge in [0.25, 0.3) is 0 Å². The predicted molar refractivity (Wildman–Crippen MR) is 151 cm³/mol. The molecule has 12 nitrogen and oxygen atoms in total. The second-order valence-electron chi connectivity index (χ2n) is 11.3. The third-order valence-electron chi connectivity index (χ3n) is 7.75. The first-order chi connectivity index (χ1) is 20.2. The van der Waals surface area contributed by atoms with Crippen molar-refractivity contribution in [2.24, 2.45) is 0 Å². The van der Waals surface area contributed by atoms with E-state index in [2.05, 4.69) is 6.92 Å². The molecular formula is C30H52O12. The van der Waals surface area contributed by atoms with Crippen LogP contribution in [0.15, 0.2) is 11.5 Å². The van der Waals surface area contributed by atoms with Gasteiger partial charge in [0.1, 0.15) is 37.1 Å². The highest BCUT2D eigenvalue weighted by Crippen LogP contribution is 2.29. The van der Waals surface area contributed by atoms with Crippen LogP contribution in [0.1, 0.15) is 110 Å². The molecule has 0 aliphatic carbocycles. The molecule has 2 aliphatic heterocycles. The zero-order valence-corrected chi connectivity index (χ0v) is 24.9. The Bertz CT molecular complexity index is 816. The lowest BCUT2D eigenvalue weighted by atomic mass is 9.99. The fraction of sp³-hybridized carbons (Fsp3) is 0.867. The molecule has 244 valence electrons. The Labute approximate surface area is 248 Å². The maximum absolute atomic E-state index is 12.2. The lowest BCUT2D eigenvalue weighted by molar-refractivity contribution is -0.291. The highest BCUT2D eigenvalue weighted by Gasteiger charge is 2.48. The molecule has 1 unspecified atom stereocenters. The van der Waals surface area contributed by atoms with Crippen molar-refractivity contribution >= 4 is 11.9 Å². The minimum Gasteiger partial charge on any atom is -0.505 e. The zero-order valence-electron chi connectivity index (χ0n) is 24.9. The number of hydrogen-bond donors (Lipinski definition) is 6. The number of ether oxygens (including phenoxy) is 4. The Balaban J connectivity index is 1.57. The molecule has 2 rings (SSSR count). The normalized spacial score (nSPS) is 26.8. The highest BCUT2D eigenvalue weighted by molar-refractivity contribution is 5.89. The first-order valence-corrected chi connectivity index (χ1v) is 15.7. The summed E-state index contributed by atoms with van der Waals surface area (Å²) in [5, 5.41) is 59.8. The van der Waals surface area contributed by atoms with Crippen LogP contribution in [0.25, 0.3) is 0 Å². The van der Waals surface area contributed by atoms with E-state index in [1.165, 1.54) is 70.6 Å². The van der Waals surface area contributed by atoms with E-state index in [-0.39, 0.29) is 6.42 Å². The number of carbonyl (C=O) groups excluding carboxylic acids is 2. The molecule has 6 N–H and O–H groups in total. The summed E-state index contributed by atoms with van der Waals surface area (Å²) in [6.07, 6.45) is 6.98. The summed E-state index contributed by atoms with van der Waals surface area (Å²) in [6.45, 7) is 0.988. The van der Waals surface area contributed by atoms with E-state index in [0.29, 0.717) is 6.42 Å². The molecular weight excluding hydrogens is 552 g/mol. The van der Waals surface area contributed by atoms with Gasteiger partial charge in [0.15, 0.2) is 11.9 Å². The van der Waals surface area contributed by atoms with Gasteiger partial charge in [-0.1, -0.05) is 96.8 Å². The lowest BCUT2D eigenvalue weighted by Gasteiger charge is -2.39. The molecule has 0 spiro atoms. The van der Waals surface area contributed by atoms with Crippen LogP contribution in [-0.4, -0.2) is 98.7 Å². The van der Waals surface area contributed by atoms with Gasteiger partial charge in [-0.3, -0.25) is 4.79 Å². The molecule has 1 saturated heterocycles. The number of aliphatic hydroxyl groups is 6. The largest absolute Gasteiger partial charge is 0.505 e. The summed E-state index contributed by atoms with van der Waals surface area (Å²) in [5.41, 5.74) is 0. The van der Waals surface area contributed by atoms with Gasteiger partial charge < -0.3 is 49.6 Å².